The third-order valence-corrected chi connectivity index (χ3v) is 5.03. The van der Waals surface area contributed by atoms with Gasteiger partial charge in [-0.1, -0.05) is 44.2 Å². The smallest absolute Gasteiger partial charge is 0.407 e. The van der Waals surface area contributed by atoms with E-state index in [1.165, 1.54) is 12.6 Å². The molecule has 0 aromatic heterocycles. The van der Waals surface area contributed by atoms with Gasteiger partial charge in [0, 0.05) is 6.54 Å². The van der Waals surface area contributed by atoms with Crippen molar-refractivity contribution in [2.24, 2.45) is 11.8 Å². The summed E-state index contributed by atoms with van der Waals surface area (Å²) in [4.78, 5) is 48.3. The maximum Gasteiger partial charge on any atom is 0.407 e. The molecule has 1 aromatic rings. The van der Waals surface area contributed by atoms with Crippen molar-refractivity contribution in [3.63, 3.8) is 0 Å². The monoisotopic (exact) mass is 481 g/mol. The van der Waals surface area contributed by atoms with Crippen molar-refractivity contribution in [1.29, 1.82) is 0 Å². The number of esters is 1. The molecule has 0 radical (unpaired) electrons. The lowest BCUT2D eigenvalue weighted by molar-refractivity contribution is -0.149. The van der Waals surface area contributed by atoms with Crippen LogP contribution in [0.25, 0.3) is 0 Å². The summed E-state index contributed by atoms with van der Waals surface area (Å²) in [6, 6.07) is 8.25. The molecule has 0 aliphatic carbocycles. The van der Waals surface area contributed by atoms with Gasteiger partial charge in [-0.2, -0.15) is 0 Å². The van der Waals surface area contributed by atoms with E-state index in [0.717, 1.165) is 5.56 Å². The summed E-state index contributed by atoms with van der Waals surface area (Å²) in [5.74, 6) is -3.70. The molecular weight excluding hydrogens is 446 g/mol. The summed E-state index contributed by atoms with van der Waals surface area (Å²) < 4.78 is 9.86. The van der Waals surface area contributed by atoms with E-state index in [1.54, 1.807) is 13.8 Å². The quantitative estimate of drug-likeness (QED) is 0.115. The molecule has 0 spiro atoms. The van der Waals surface area contributed by atoms with Crippen LogP contribution in [0.15, 0.2) is 30.3 Å². The first-order chi connectivity index (χ1) is 16.2. The van der Waals surface area contributed by atoms with Gasteiger partial charge in [0.25, 0.3) is 5.91 Å². The fourth-order valence-corrected chi connectivity index (χ4v) is 3.24. The molecule has 3 atom stereocenters. The molecule has 0 saturated heterocycles. The van der Waals surface area contributed by atoms with Gasteiger partial charge in [0.1, 0.15) is 18.8 Å². The van der Waals surface area contributed by atoms with E-state index in [-0.39, 0.29) is 25.4 Å². The van der Waals surface area contributed by atoms with Crippen LogP contribution in [0, 0.1) is 11.8 Å². The minimum atomic E-state index is -1.78. The Balaban J connectivity index is 2.52. The molecule has 1 aromatic carbocycles. The van der Waals surface area contributed by atoms with Crippen molar-refractivity contribution in [1.82, 2.24) is 16.1 Å². The van der Waals surface area contributed by atoms with Crippen molar-refractivity contribution in [3.8, 4) is 0 Å². The molecule has 11 heteroatoms. The van der Waals surface area contributed by atoms with E-state index in [1.807, 2.05) is 30.3 Å². The average Bonchev–Trinajstić information content (AvgIpc) is 2.83. The zero-order chi connectivity index (χ0) is 25.5. The largest absolute Gasteiger partial charge is 0.467 e. The number of nitrogens with one attached hydrogen (secondary N) is 3. The number of rotatable bonds is 14. The molecule has 0 aliphatic rings. The Bertz CT molecular complexity index is 788. The minimum absolute atomic E-state index is 0.0406. The maximum atomic E-state index is 12.7. The van der Waals surface area contributed by atoms with Gasteiger partial charge in [-0.15, -0.1) is 0 Å². The highest BCUT2D eigenvalue weighted by molar-refractivity contribution is 5.91. The molecule has 1 rings (SSSR count). The van der Waals surface area contributed by atoms with Crippen LogP contribution >= 0.6 is 0 Å². The Labute approximate surface area is 199 Å². The molecule has 0 unspecified atom stereocenters. The van der Waals surface area contributed by atoms with Crippen molar-refractivity contribution in [3.05, 3.63) is 35.9 Å². The highest BCUT2D eigenvalue weighted by Gasteiger charge is 2.34. The Morgan fingerprint density at radius 3 is 2.29 bits per heavy atom. The second-order valence-electron chi connectivity index (χ2n) is 8.23. The number of ether oxygens (including phenoxy) is 2. The van der Waals surface area contributed by atoms with Crippen LogP contribution in [0.5, 0.6) is 0 Å². The van der Waals surface area contributed by atoms with Crippen LogP contribution in [0.1, 0.15) is 45.1 Å². The lowest BCUT2D eigenvalue weighted by atomic mass is 9.90. The van der Waals surface area contributed by atoms with Crippen molar-refractivity contribution < 1.29 is 39.0 Å². The van der Waals surface area contributed by atoms with Crippen LogP contribution in [0.2, 0.25) is 0 Å². The van der Waals surface area contributed by atoms with Gasteiger partial charge in [0.15, 0.2) is 0 Å². The summed E-state index contributed by atoms with van der Waals surface area (Å²) in [7, 11) is 1.19. The van der Waals surface area contributed by atoms with E-state index in [0.29, 0.717) is 19.4 Å². The number of benzene rings is 1. The first kappa shape index (κ1) is 28.9. The topological polar surface area (TPSA) is 163 Å². The summed E-state index contributed by atoms with van der Waals surface area (Å²) in [5, 5.41) is 24.0. The van der Waals surface area contributed by atoms with Gasteiger partial charge in [-0.3, -0.25) is 14.8 Å². The predicted molar refractivity (Wildman–Crippen MR) is 121 cm³/mol. The number of unbranched alkanes of at least 4 members (excludes halogenated alkanes) is 1. The highest BCUT2D eigenvalue weighted by atomic mass is 16.5. The average molecular weight is 482 g/mol. The zero-order valence-electron chi connectivity index (χ0n) is 19.8. The molecular formula is C23H35N3O8. The summed E-state index contributed by atoms with van der Waals surface area (Å²) in [6.07, 6.45) is -0.993. The van der Waals surface area contributed by atoms with Gasteiger partial charge in [-0.25, -0.2) is 15.1 Å². The Morgan fingerprint density at radius 1 is 1.03 bits per heavy atom. The van der Waals surface area contributed by atoms with E-state index < -0.39 is 41.9 Å². The van der Waals surface area contributed by atoms with E-state index in [2.05, 4.69) is 10.6 Å². The normalized spacial score (nSPS) is 13.4. The second kappa shape index (κ2) is 15.6. The van der Waals surface area contributed by atoms with E-state index in [4.69, 9.17) is 14.7 Å². The van der Waals surface area contributed by atoms with E-state index in [9.17, 15) is 24.3 Å². The van der Waals surface area contributed by atoms with Gasteiger partial charge < -0.3 is 25.2 Å². The van der Waals surface area contributed by atoms with E-state index >= 15 is 0 Å². The number of carbonyl (C=O) groups is 4. The lowest BCUT2D eigenvalue weighted by Gasteiger charge is -2.25. The zero-order valence-corrected chi connectivity index (χ0v) is 19.8. The number of amides is 3. The number of methoxy groups -OCH3 is 1. The second-order valence-corrected chi connectivity index (χ2v) is 8.23. The van der Waals surface area contributed by atoms with Gasteiger partial charge in [0.2, 0.25) is 5.91 Å². The molecule has 11 nitrogen and oxygen atoms in total. The van der Waals surface area contributed by atoms with Crippen LogP contribution in [-0.2, 0) is 30.5 Å². The Kier molecular flexibility index (Phi) is 13.3. The molecule has 0 saturated carbocycles. The third kappa shape index (κ3) is 10.6. The molecule has 3 amide bonds. The molecule has 0 bridgehead atoms. The van der Waals surface area contributed by atoms with Crippen molar-refractivity contribution in [2.75, 3.05) is 13.7 Å². The van der Waals surface area contributed by atoms with Crippen LogP contribution in [0.4, 0.5) is 4.79 Å². The SMILES string of the molecule is COC(=O)[C@H](CCCCNC(=O)OCc1ccccc1)NC(=O)[C@H](CC(C)C)[C@H](O)C(=O)NO. The Hall–Kier alpha value is -3.18. The van der Waals surface area contributed by atoms with Crippen molar-refractivity contribution >= 4 is 23.9 Å². The number of alkyl carbamates (subject to hydrolysis) is 1. The van der Waals surface area contributed by atoms with Crippen LogP contribution in [-0.4, -0.2) is 60.0 Å². The van der Waals surface area contributed by atoms with Gasteiger partial charge in [0.05, 0.1) is 13.0 Å². The molecule has 0 heterocycles. The molecule has 34 heavy (non-hydrogen) atoms. The first-order valence-electron chi connectivity index (χ1n) is 11.1. The molecule has 5 N–H and O–H groups in total. The number of hydrogen-bond donors (Lipinski definition) is 5. The van der Waals surface area contributed by atoms with Gasteiger partial charge >= 0.3 is 12.1 Å². The number of hydroxylamine groups is 1. The summed E-state index contributed by atoms with van der Waals surface area (Å²) in [5.41, 5.74) is 2.20. The number of carbonyl (C=O) groups excluding carboxylic acids is 4. The molecule has 0 fully saturated rings. The summed E-state index contributed by atoms with van der Waals surface area (Å²) >= 11 is 0. The maximum absolute atomic E-state index is 12.7. The van der Waals surface area contributed by atoms with Gasteiger partial charge in [-0.05, 0) is 37.2 Å². The fourth-order valence-electron chi connectivity index (χ4n) is 3.24. The fraction of sp³-hybridized carbons (Fsp3) is 0.565. The molecule has 190 valence electrons. The number of hydrogen-bond acceptors (Lipinski definition) is 8. The highest BCUT2D eigenvalue weighted by Crippen LogP contribution is 2.17. The standard InChI is InChI=1S/C23H35N3O8/c1-15(2)13-17(19(27)21(29)26-32)20(28)25-18(22(30)33-3)11-7-8-12-24-23(31)34-14-16-9-5-4-6-10-16/h4-6,9-10,15,17-19,27,32H,7-8,11-14H2,1-3H3,(H,24,31)(H,25,28)(H,26,29)/t17-,18+,19+/m1/s1. The Morgan fingerprint density at radius 2 is 1.71 bits per heavy atom. The minimum Gasteiger partial charge on any atom is -0.467 e. The van der Waals surface area contributed by atoms with Crippen LogP contribution < -0.4 is 16.1 Å². The lowest BCUT2D eigenvalue weighted by Crippen LogP contribution is -2.50. The first-order valence-corrected chi connectivity index (χ1v) is 11.1. The number of aliphatic hydroxyl groups is 1. The van der Waals surface area contributed by atoms with Crippen molar-refractivity contribution in [2.45, 2.75) is 58.3 Å². The van der Waals surface area contributed by atoms with Crippen LogP contribution in [0.3, 0.4) is 0 Å². The molecule has 0 aliphatic heterocycles. The third-order valence-electron chi connectivity index (χ3n) is 5.03. The predicted octanol–water partition coefficient (Wildman–Crippen LogP) is 1.27. The summed E-state index contributed by atoms with van der Waals surface area (Å²) in [6.45, 7) is 4.07. The number of aliphatic hydroxyl groups excluding tert-OH is 1.